The summed E-state index contributed by atoms with van der Waals surface area (Å²) >= 11 is 0. The van der Waals surface area contributed by atoms with E-state index in [2.05, 4.69) is 0 Å². The molecule has 0 atom stereocenters. The van der Waals surface area contributed by atoms with Gasteiger partial charge in [0.1, 0.15) is 5.82 Å². The van der Waals surface area contributed by atoms with E-state index in [0.29, 0.717) is 17.6 Å². The molecule has 120 valence electrons. The molecule has 0 bridgehead atoms. The van der Waals surface area contributed by atoms with Gasteiger partial charge in [0.05, 0.1) is 10.4 Å². The van der Waals surface area contributed by atoms with Crippen LogP contribution in [0.3, 0.4) is 0 Å². The summed E-state index contributed by atoms with van der Waals surface area (Å²) in [6.45, 7) is 3.89. The van der Waals surface area contributed by atoms with Crippen molar-refractivity contribution in [3.05, 3.63) is 65.6 Å². The van der Waals surface area contributed by atoms with E-state index in [1.165, 1.54) is 16.1 Å². The molecule has 0 fully saturated rings. The molecule has 3 nitrogen and oxygen atoms in total. The maximum Gasteiger partial charge on any atom is 0.268 e. The molecular formula is C18H18FNO2S. The van der Waals surface area contributed by atoms with Gasteiger partial charge >= 0.3 is 0 Å². The molecule has 0 saturated carbocycles. The first-order valence-electron chi connectivity index (χ1n) is 7.55. The van der Waals surface area contributed by atoms with Crippen molar-refractivity contribution in [2.24, 2.45) is 0 Å². The minimum atomic E-state index is -3.76. The van der Waals surface area contributed by atoms with E-state index in [9.17, 15) is 12.8 Å². The van der Waals surface area contributed by atoms with Gasteiger partial charge in [-0.15, -0.1) is 0 Å². The number of hydrogen-bond acceptors (Lipinski definition) is 2. The lowest BCUT2D eigenvalue weighted by Crippen LogP contribution is -2.15. The zero-order chi connectivity index (χ0) is 16.6. The van der Waals surface area contributed by atoms with Crippen LogP contribution in [0.1, 0.15) is 24.6 Å². The highest BCUT2D eigenvalue weighted by Gasteiger charge is 2.22. The number of aromatic nitrogens is 1. The van der Waals surface area contributed by atoms with Gasteiger partial charge in [-0.3, -0.25) is 0 Å². The monoisotopic (exact) mass is 331 g/mol. The van der Waals surface area contributed by atoms with Crippen molar-refractivity contribution in [2.45, 2.75) is 31.6 Å². The van der Waals surface area contributed by atoms with Crippen molar-refractivity contribution < 1.29 is 12.8 Å². The lowest BCUT2D eigenvalue weighted by atomic mass is 10.2. The van der Waals surface area contributed by atoms with Crippen LogP contribution in [0.5, 0.6) is 0 Å². The predicted octanol–water partition coefficient (Wildman–Crippen LogP) is 4.28. The Morgan fingerprint density at radius 2 is 1.74 bits per heavy atom. The van der Waals surface area contributed by atoms with Gasteiger partial charge in [0.15, 0.2) is 0 Å². The zero-order valence-electron chi connectivity index (χ0n) is 13.1. The van der Waals surface area contributed by atoms with Gasteiger partial charge < -0.3 is 0 Å². The minimum absolute atomic E-state index is 0.210. The molecule has 0 unspecified atom stereocenters. The van der Waals surface area contributed by atoms with E-state index in [4.69, 9.17) is 0 Å². The van der Waals surface area contributed by atoms with E-state index in [1.807, 2.05) is 19.9 Å². The molecule has 0 N–H and O–H groups in total. The van der Waals surface area contributed by atoms with Crippen LogP contribution in [0.25, 0.3) is 10.9 Å². The largest absolute Gasteiger partial charge is 0.268 e. The average Bonchev–Trinajstić information content (AvgIpc) is 2.86. The summed E-state index contributed by atoms with van der Waals surface area (Å²) in [7, 11) is -3.76. The first kappa shape index (κ1) is 15.7. The van der Waals surface area contributed by atoms with Crippen LogP contribution in [-0.2, 0) is 16.4 Å². The summed E-state index contributed by atoms with van der Waals surface area (Å²) in [6.07, 6.45) is 1.42. The molecule has 0 aliphatic carbocycles. The molecule has 0 aliphatic heterocycles. The summed E-state index contributed by atoms with van der Waals surface area (Å²) in [5.74, 6) is -0.445. The molecule has 1 heterocycles. The second-order valence-corrected chi connectivity index (χ2v) is 7.46. The van der Waals surface area contributed by atoms with Crippen LogP contribution in [0.15, 0.2) is 53.4 Å². The van der Waals surface area contributed by atoms with Crippen molar-refractivity contribution in [3.63, 3.8) is 0 Å². The maximum absolute atomic E-state index is 13.6. The van der Waals surface area contributed by atoms with Crippen LogP contribution in [-0.4, -0.2) is 12.4 Å². The second kappa shape index (κ2) is 5.81. The molecule has 1 aromatic heterocycles. The molecule has 3 aromatic rings. The van der Waals surface area contributed by atoms with Gasteiger partial charge in [0.25, 0.3) is 10.0 Å². The van der Waals surface area contributed by atoms with Crippen molar-refractivity contribution in [1.82, 2.24) is 3.97 Å². The van der Waals surface area contributed by atoms with E-state index >= 15 is 0 Å². The molecule has 0 radical (unpaired) electrons. The standard InChI is InChI=1S/C18H18FNO2S/c1-3-4-16-11-14-7-8-15(19)12-18(14)20(16)23(21,22)17-9-5-13(2)6-10-17/h5-12H,3-4H2,1-2H3. The lowest BCUT2D eigenvalue weighted by Gasteiger charge is -2.12. The zero-order valence-corrected chi connectivity index (χ0v) is 13.9. The predicted molar refractivity (Wildman–Crippen MR) is 89.7 cm³/mol. The molecule has 0 spiro atoms. The Labute approximate surface area is 135 Å². The normalized spacial score (nSPS) is 12.0. The Balaban J connectivity index is 2.30. The van der Waals surface area contributed by atoms with Gasteiger partial charge in [-0.1, -0.05) is 31.0 Å². The first-order chi connectivity index (χ1) is 10.9. The Kier molecular flexibility index (Phi) is 3.98. The Bertz CT molecular complexity index is 957. The highest BCUT2D eigenvalue weighted by atomic mass is 32.2. The number of benzene rings is 2. The molecule has 0 aliphatic rings. The molecule has 2 aromatic carbocycles. The fourth-order valence-corrected chi connectivity index (χ4v) is 4.30. The molecule has 0 saturated heterocycles. The lowest BCUT2D eigenvalue weighted by molar-refractivity contribution is 0.586. The van der Waals surface area contributed by atoms with Gasteiger partial charge in [-0.25, -0.2) is 16.8 Å². The molecule has 5 heteroatoms. The summed E-state index contributed by atoms with van der Waals surface area (Å²) in [5.41, 5.74) is 2.05. The summed E-state index contributed by atoms with van der Waals surface area (Å²) in [6, 6.07) is 12.8. The van der Waals surface area contributed by atoms with Crippen LogP contribution in [0, 0.1) is 12.7 Å². The van der Waals surface area contributed by atoms with Crippen molar-refractivity contribution in [1.29, 1.82) is 0 Å². The third kappa shape index (κ3) is 2.77. The summed E-state index contributed by atoms with van der Waals surface area (Å²) in [4.78, 5) is 0.210. The van der Waals surface area contributed by atoms with Gasteiger partial charge in [0.2, 0.25) is 0 Å². The Morgan fingerprint density at radius 1 is 1.04 bits per heavy atom. The van der Waals surface area contributed by atoms with E-state index in [1.54, 1.807) is 30.3 Å². The van der Waals surface area contributed by atoms with E-state index < -0.39 is 15.8 Å². The quantitative estimate of drug-likeness (QED) is 0.716. The smallest absolute Gasteiger partial charge is 0.238 e. The number of halogens is 1. The van der Waals surface area contributed by atoms with Gasteiger partial charge in [-0.2, -0.15) is 0 Å². The topological polar surface area (TPSA) is 39.1 Å². The fraction of sp³-hybridized carbons (Fsp3) is 0.222. The summed E-state index contributed by atoms with van der Waals surface area (Å²) in [5, 5.41) is 0.727. The second-order valence-electron chi connectivity index (χ2n) is 5.67. The SMILES string of the molecule is CCCc1cc2ccc(F)cc2n1S(=O)(=O)c1ccc(C)cc1. The number of nitrogens with zero attached hydrogens (tertiary/aromatic N) is 1. The van der Waals surface area contributed by atoms with Crippen LogP contribution < -0.4 is 0 Å². The third-order valence-electron chi connectivity index (χ3n) is 3.86. The maximum atomic E-state index is 13.6. The van der Waals surface area contributed by atoms with E-state index in [0.717, 1.165) is 17.4 Å². The van der Waals surface area contributed by atoms with Crippen molar-refractivity contribution in [3.8, 4) is 0 Å². The average molecular weight is 331 g/mol. The molecule has 23 heavy (non-hydrogen) atoms. The van der Waals surface area contributed by atoms with Crippen LogP contribution >= 0.6 is 0 Å². The summed E-state index contributed by atoms with van der Waals surface area (Å²) < 4.78 is 41.1. The van der Waals surface area contributed by atoms with Crippen molar-refractivity contribution in [2.75, 3.05) is 0 Å². The fourth-order valence-electron chi connectivity index (χ4n) is 2.74. The highest BCUT2D eigenvalue weighted by molar-refractivity contribution is 7.90. The molecule has 3 rings (SSSR count). The molecule has 0 amide bonds. The Hall–Kier alpha value is -2.14. The third-order valence-corrected chi connectivity index (χ3v) is 5.64. The van der Waals surface area contributed by atoms with Gasteiger partial charge in [-0.05, 0) is 49.7 Å². The van der Waals surface area contributed by atoms with Crippen molar-refractivity contribution >= 4 is 20.9 Å². The molecular weight excluding hydrogens is 313 g/mol. The minimum Gasteiger partial charge on any atom is -0.238 e. The number of fused-ring (bicyclic) bond motifs is 1. The number of aryl methyl sites for hydroxylation is 2. The first-order valence-corrected chi connectivity index (χ1v) is 8.99. The number of hydrogen-bond donors (Lipinski definition) is 0. The van der Waals surface area contributed by atoms with Gasteiger partial charge in [0, 0.05) is 11.1 Å². The Morgan fingerprint density at radius 3 is 2.39 bits per heavy atom. The van der Waals surface area contributed by atoms with E-state index in [-0.39, 0.29) is 4.90 Å². The highest BCUT2D eigenvalue weighted by Crippen LogP contribution is 2.27. The van der Waals surface area contributed by atoms with Crippen LogP contribution in [0.4, 0.5) is 4.39 Å². The van der Waals surface area contributed by atoms with Crippen LogP contribution in [0.2, 0.25) is 0 Å². The number of rotatable bonds is 4.